The third kappa shape index (κ3) is 5.63. The van der Waals surface area contributed by atoms with Gasteiger partial charge in [0.15, 0.2) is 11.5 Å². The zero-order chi connectivity index (χ0) is 26.5. The van der Waals surface area contributed by atoms with Gasteiger partial charge in [-0.1, -0.05) is 42.1 Å². The average molecular weight is 580 g/mol. The fourth-order valence-corrected chi connectivity index (χ4v) is 5.41. The van der Waals surface area contributed by atoms with Gasteiger partial charge in [-0.25, -0.2) is 5.01 Å². The molecule has 3 aromatic rings. The number of hydrogen-bond acceptors (Lipinski definition) is 6. The summed E-state index contributed by atoms with van der Waals surface area (Å²) in [6.45, 7) is 5.53. The van der Waals surface area contributed by atoms with E-state index in [2.05, 4.69) is 52.1 Å². The van der Waals surface area contributed by atoms with Crippen molar-refractivity contribution >= 4 is 21.6 Å². The van der Waals surface area contributed by atoms with E-state index in [0.717, 1.165) is 57.0 Å². The van der Waals surface area contributed by atoms with Crippen LogP contribution < -0.4 is 18.9 Å². The van der Waals surface area contributed by atoms with Crippen molar-refractivity contribution in [3.05, 3.63) is 81.8 Å². The van der Waals surface area contributed by atoms with Crippen LogP contribution in [-0.4, -0.2) is 31.0 Å². The lowest BCUT2D eigenvalue weighted by Gasteiger charge is -2.38. The minimum atomic E-state index is -0.388. The Bertz CT molecular complexity index is 1280. The van der Waals surface area contributed by atoms with Crippen LogP contribution in [0.15, 0.2) is 70.2 Å². The van der Waals surface area contributed by atoms with Gasteiger partial charge >= 0.3 is 0 Å². The first kappa shape index (κ1) is 26.4. The average Bonchev–Trinajstić information content (AvgIpc) is 3.39. The van der Waals surface area contributed by atoms with Crippen LogP contribution in [0, 0.1) is 0 Å². The molecule has 2 atom stereocenters. The predicted octanol–water partition coefficient (Wildman–Crippen LogP) is 8.06. The van der Waals surface area contributed by atoms with E-state index in [1.165, 1.54) is 19.3 Å². The molecular weight excluding hydrogens is 544 g/mol. The van der Waals surface area contributed by atoms with Gasteiger partial charge in [0.2, 0.25) is 6.23 Å². The molecule has 2 aliphatic heterocycles. The molecule has 6 nitrogen and oxygen atoms in total. The third-order valence-corrected chi connectivity index (χ3v) is 7.47. The predicted molar refractivity (Wildman–Crippen MR) is 153 cm³/mol. The van der Waals surface area contributed by atoms with Gasteiger partial charge in [0.05, 0.1) is 32.1 Å². The van der Waals surface area contributed by atoms with Crippen molar-refractivity contribution < 1.29 is 18.9 Å². The molecular formula is C31H35BrN2O4. The first-order chi connectivity index (χ1) is 18.6. The number of nitrogens with zero attached hydrogens (tertiary/aromatic N) is 2. The van der Waals surface area contributed by atoms with E-state index in [1.54, 1.807) is 7.11 Å². The number of fused-ring (bicyclic) bond motifs is 3. The lowest BCUT2D eigenvalue weighted by atomic mass is 9.96. The summed E-state index contributed by atoms with van der Waals surface area (Å²) in [7, 11) is 1.68. The second-order valence-corrected chi connectivity index (χ2v) is 10.5. The molecule has 0 radical (unpaired) electrons. The van der Waals surface area contributed by atoms with Gasteiger partial charge in [-0.15, -0.1) is 0 Å². The maximum Gasteiger partial charge on any atom is 0.214 e. The van der Waals surface area contributed by atoms with Crippen molar-refractivity contribution in [1.29, 1.82) is 0 Å². The van der Waals surface area contributed by atoms with Crippen LogP contribution in [0.5, 0.6) is 23.0 Å². The fourth-order valence-electron chi connectivity index (χ4n) is 5.03. The molecule has 0 spiro atoms. The quantitative estimate of drug-likeness (QED) is 0.215. The first-order valence-electron chi connectivity index (χ1n) is 13.5. The van der Waals surface area contributed by atoms with Crippen LogP contribution in [-0.2, 0) is 0 Å². The Labute approximate surface area is 233 Å². The van der Waals surface area contributed by atoms with Gasteiger partial charge in [0.1, 0.15) is 11.5 Å². The minimum absolute atomic E-state index is 0.0586. The molecule has 0 fully saturated rings. The highest BCUT2D eigenvalue weighted by Gasteiger charge is 2.41. The topological polar surface area (TPSA) is 52.5 Å². The Balaban J connectivity index is 1.44. The zero-order valence-corrected chi connectivity index (χ0v) is 23.9. The number of halogens is 1. The van der Waals surface area contributed by atoms with Gasteiger partial charge in [-0.05, 0) is 79.6 Å². The normalized spacial score (nSPS) is 17.8. The summed E-state index contributed by atoms with van der Waals surface area (Å²) in [6, 6.07) is 20.5. The standard InChI is InChI=1S/C31H35BrN2O4/c1-4-6-7-8-17-37-29-15-11-22(18-30(29)35-3)31-34-27(25-19-23(32)12-16-28(25)38-31)20-26(33-34)21-9-13-24(14-10-21)36-5-2/h9-16,18-19,27,31H,4-8,17,20H2,1-3H3/t27-,31-/m1/s1. The number of ether oxygens (including phenoxy) is 4. The van der Waals surface area contributed by atoms with Crippen LogP contribution in [0.1, 0.15) is 74.9 Å². The van der Waals surface area contributed by atoms with Gasteiger partial charge in [-0.2, -0.15) is 5.10 Å². The monoisotopic (exact) mass is 578 g/mol. The molecule has 0 bridgehead atoms. The lowest BCUT2D eigenvalue weighted by molar-refractivity contribution is -0.0192. The SMILES string of the molecule is CCCCCCOc1ccc([C@H]2Oc3ccc(Br)cc3[C@H]3CC(c4ccc(OCC)cc4)=NN32)cc1OC. The van der Waals surface area contributed by atoms with Crippen LogP contribution in [0.25, 0.3) is 0 Å². The van der Waals surface area contributed by atoms with Gasteiger partial charge < -0.3 is 18.9 Å². The van der Waals surface area contributed by atoms with Crippen molar-refractivity contribution in [2.24, 2.45) is 5.10 Å². The van der Waals surface area contributed by atoms with Crippen molar-refractivity contribution in [2.45, 2.75) is 58.2 Å². The van der Waals surface area contributed by atoms with E-state index in [4.69, 9.17) is 24.0 Å². The van der Waals surface area contributed by atoms with E-state index in [-0.39, 0.29) is 12.3 Å². The molecule has 2 heterocycles. The summed E-state index contributed by atoms with van der Waals surface area (Å²) in [5.74, 6) is 3.19. The lowest BCUT2D eigenvalue weighted by Crippen LogP contribution is -2.33. The maximum absolute atomic E-state index is 6.57. The molecule has 5 rings (SSSR count). The van der Waals surface area contributed by atoms with Gasteiger partial charge in [0, 0.05) is 22.0 Å². The molecule has 200 valence electrons. The molecule has 0 aliphatic carbocycles. The Morgan fingerprint density at radius 2 is 1.79 bits per heavy atom. The molecule has 7 heteroatoms. The number of methoxy groups -OCH3 is 1. The van der Waals surface area contributed by atoms with Crippen LogP contribution in [0.3, 0.4) is 0 Å². The highest BCUT2D eigenvalue weighted by Crippen LogP contribution is 2.49. The second kappa shape index (κ2) is 12.1. The molecule has 3 aromatic carbocycles. The summed E-state index contributed by atoms with van der Waals surface area (Å²) in [6.07, 6.45) is 5.05. The van der Waals surface area contributed by atoms with Crippen molar-refractivity contribution in [3.63, 3.8) is 0 Å². The minimum Gasteiger partial charge on any atom is -0.494 e. The van der Waals surface area contributed by atoms with E-state index in [1.807, 2.05) is 43.3 Å². The van der Waals surface area contributed by atoms with Gasteiger partial charge in [-0.3, -0.25) is 0 Å². The highest BCUT2D eigenvalue weighted by molar-refractivity contribution is 9.10. The number of unbranched alkanes of at least 4 members (excludes halogenated alkanes) is 3. The molecule has 0 amide bonds. The summed E-state index contributed by atoms with van der Waals surface area (Å²) < 4.78 is 25.0. The zero-order valence-electron chi connectivity index (χ0n) is 22.3. The van der Waals surface area contributed by atoms with Crippen LogP contribution in [0.2, 0.25) is 0 Å². The number of hydrogen-bond donors (Lipinski definition) is 0. The van der Waals surface area contributed by atoms with Crippen LogP contribution in [0.4, 0.5) is 0 Å². The summed E-state index contributed by atoms with van der Waals surface area (Å²) in [5, 5.41) is 7.18. The number of rotatable bonds is 11. The van der Waals surface area contributed by atoms with Crippen molar-refractivity contribution in [3.8, 4) is 23.0 Å². The maximum atomic E-state index is 6.57. The van der Waals surface area contributed by atoms with Gasteiger partial charge in [0.25, 0.3) is 0 Å². The summed E-state index contributed by atoms with van der Waals surface area (Å²) in [4.78, 5) is 0. The highest BCUT2D eigenvalue weighted by atomic mass is 79.9. The molecule has 0 saturated heterocycles. The largest absolute Gasteiger partial charge is 0.494 e. The number of hydrazone groups is 1. The smallest absolute Gasteiger partial charge is 0.214 e. The van der Waals surface area contributed by atoms with E-state index in [0.29, 0.717) is 19.0 Å². The number of benzene rings is 3. The summed E-state index contributed by atoms with van der Waals surface area (Å²) >= 11 is 3.64. The summed E-state index contributed by atoms with van der Waals surface area (Å²) in [5.41, 5.74) is 4.20. The fraction of sp³-hybridized carbons (Fsp3) is 0.387. The molecule has 0 unspecified atom stereocenters. The Hall–Kier alpha value is -3.19. The molecule has 38 heavy (non-hydrogen) atoms. The van der Waals surface area contributed by atoms with E-state index >= 15 is 0 Å². The van der Waals surface area contributed by atoms with Crippen molar-refractivity contribution in [2.75, 3.05) is 20.3 Å². The third-order valence-electron chi connectivity index (χ3n) is 6.98. The van der Waals surface area contributed by atoms with Crippen LogP contribution >= 0.6 is 15.9 Å². The Kier molecular flexibility index (Phi) is 8.42. The van der Waals surface area contributed by atoms with E-state index in [9.17, 15) is 0 Å². The molecule has 0 N–H and O–H groups in total. The molecule has 0 saturated carbocycles. The first-order valence-corrected chi connectivity index (χ1v) is 14.3. The van der Waals surface area contributed by atoms with E-state index < -0.39 is 0 Å². The molecule has 0 aromatic heterocycles. The second-order valence-electron chi connectivity index (χ2n) is 9.58. The Morgan fingerprint density at radius 1 is 0.947 bits per heavy atom. The Morgan fingerprint density at radius 3 is 2.55 bits per heavy atom. The van der Waals surface area contributed by atoms with Crippen molar-refractivity contribution in [1.82, 2.24) is 5.01 Å². The molecule has 2 aliphatic rings.